The fraction of sp³-hybridized carbons (Fsp3) is 0.167. The van der Waals surface area contributed by atoms with E-state index in [1.807, 2.05) is 16.8 Å². The molecule has 80 valence electrons. The summed E-state index contributed by atoms with van der Waals surface area (Å²) in [6.45, 7) is 2.17. The summed E-state index contributed by atoms with van der Waals surface area (Å²) in [6, 6.07) is 4.31. The third-order valence-corrected chi connectivity index (χ3v) is 3.78. The number of nitrogens with zero attached hydrogens (tertiary/aromatic N) is 3. The molecule has 0 spiro atoms. The highest BCUT2D eigenvalue weighted by molar-refractivity contribution is 7.15. The van der Waals surface area contributed by atoms with E-state index in [9.17, 15) is 0 Å². The second-order valence-electron chi connectivity index (χ2n) is 3.59. The van der Waals surface area contributed by atoms with Gasteiger partial charge in [0.1, 0.15) is 0 Å². The molecule has 0 fully saturated rings. The first-order valence-electron chi connectivity index (χ1n) is 5.24. The lowest BCUT2D eigenvalue weighted by Crippen LogP contribution is -1.81. The Morgan fingerprint density at radius 1 is 1.38 bits per heavy atom. The first-order chi connectivity index (χ1) is 7.86. The predicted octanol–water partition coefficient (Wildman–Crippen LogP) is 3.02. The van der Waals surface area contributed by atoms with Gasteiger partial charge in [0.05, 0.1) is 16.8 Å². The summed E-state index contributed by atoms with van der Waals surface area (Å²) in [7, 11) is 0. The van der Waals surface area contributed by atoms with Crippen LogP contribution in [0.2, 0.25) is 0 Å². The van der Waals surface area contributed by atoms with Gasteiger partial charge in [-0.05, 0) is 18.6 Å². The van der Waals surface area contributed by atoms with E-state index >= 15 is 0 Å². The summed E-state index contributed by atoms with van der Waals surface area (Å²) >= 11 is 1.80. The number of aromatic nitrogens is 3. The monoisotopic (exact) mass is 229 g/mol. The van der Waals surface area contributed by atoms with Crippen LogP contribution in [0.5, 0.6) is 0 Å². The van der Waals surface area contributed by atoms with Gasteiger partial charge in [0, 0.05) is 23.5 Å². The average Bonchev–Trinajstić information content (AvgIpc) is 2.95. The summed E-state index contributed by atoms with van der Waals surface area (Å²) in [5.41, 5.74) is 1.92. The molecule has 0 aromatic carbocycles. The zero-order valence-corrected chi connectivity index (χ0v) is 9.74. The van der Waals surface area contributed by atoms with Crippen molar-refractivity contribution in [3.63, 3.8) is 0 Å². The highest BCUT2D eigenvalue weighted by Gasteiger charge is 2.06. The predicted molar refractivity (Wildman–Crippen MR) is 65.7 cm³/mol. The smallest absolute Gasteiger partial charge is 0.156 e. The van der Waals surface area contributed by atoms with Crippen molar-refractivity contribution in [3.8, 4) is 10.6 Å². The van der Waals surface area contributed by atoms with Crippen LogP contribution in [0.1, 0.15) is 11.8 Å². The molecule has 0 bridgehead atoms. The highest BCUT2D eigenvalue weighted by atomic mass is 32.1. The Morgan fingerprint density at radius 3 is 3.06 bits per heavy atom. The number of thiophene rings is 1. The Kier molecular flexibility index (Phi) is 2.22. The second kappa shape index (κ2) is 3.72. The molecule has 0 saturated heterocycles. The zero-order chi connectivity index (χ0) is 11.0. The van der Waals surface area contributed by atoms with Crippen LogP contribution < -0.4 is 0 Å². The van der Waals surface area contributed by atoms with Crippen LogP contribution >= 0.6 is 11.3 Å². The molecule has 3 rings (SSSR count). The van der Waals surface area contributed by atoms with E-state index in [1.54, 1.807) is 23.7 Å². The van der Waals surface area contributed by atoms with E-state index < -0.39 is 0 Å². The van der Waals surface area contributed by atoms with Crippen molar-refractivity contribution in [3.05, 3.63) is 41.8 Å². The largest absolute Gasteiger partial charge is 0.304 e. The van der Waals surface area contributed by atoms with Gasteiger partial charge < -0.3 is 4.40 Å². The van der Waals surface area contributed by atoms with Crippen LogP contribution in [-0.2, 0) is 6.42 Å². The first kappa shape index (κ1) is 9.54. The molecular weight excluding hydrogens is 218 g/mol. The minimum atomic E-state index is 0.893. The van der Waals surface area contributed by atoms with Crippen molar-refractivity contribution < 1.29 is 0 Å². The van der Waals surface area contributed by atoms with Gasteiger partial charge in [-0.3, -0.25) is 4.98 Å². The zero-order valence-electron chi connectivity index (χ0n) is 8.92. The molecule has 0 saturated carbocycles. The molecule has 0 radical (unpaired) electrons. The maximum atomic E-state index is 4.54. The van der Waals surface area contributed by atoms with Gasteiger partial charge in [-0.2, -0.15) is 0 Å². The van der Waals surface area contributed by atoms with Crippen LogP contribution in [-0.4, -0.2) is 14.4 Å². The van der Waals surface area contributed by atoms with Crippen molar-refractivity contribution >= 4 is 17.0 Å². The number of hydrogen-bond donors (Lipinski definition) is 0. The van der Waals surface area contributed by atoms with Gasteiger partial charge in [-0.15, -0.1) is 11.3 Å². The van der Waals surface area contributed by atoms with Crippen molar-refractivity contribution in [2.75, 3.05) is 0 Å². The molecule has 3 aromatic heterocycles. The van der Waals surface area contributed by atoms with Gasteiger partial charge in [0.25, 0.3) is 0 Å². The topological polar surface area (TPSA) is 30.2 Å². The molecule has 0 N–H and O–H groups in total. The van der Waals surface area contributed by atoms with Gasteiger partial charge in [-0.25, -0.2) is 4.98 Å². The molecule has 0 aliphatic carbocycles. The van der Waals surface area contributed by atoms with E-state index in [-0.39, 0.29) is 0 Å². The molecule has 0 unspecified atom stereocenters. The number of aryl methyl sites for hydroxylation is 1. The third kappa shape index (κ3) is 1.51. The molecule has 16 heavy (non-hydrogen) atoms. The molecule has 0 aliphatic heterocycles. The van der Waals surface area contributed by atoms with E-state index in [2.05, 4.69) is 29.0 Å². The van der Waals surface area contributed by atoms with Crippen LogP contribution in [0, 0.1) is 0 Å². The minimum Gasteiger partial charge on any atom is -0.304 e. The second-order valence-corrected chi connectivity index (χ2v) is 4.76. The van der Waals surface area contributed by atoms with Crippen molar-refractivity contribution in [2.24, 2.45) is 0 Å². The number of imidazole rings is 1. The van der Waals surface area contributed by atoms with Crippen molar-refractivity contribution in [2.45, 2.75) is 13.3 Å². The number of rotatable bonds is 2. The van der Waals surface area contributed by atoms with E-state index in [0.29, 0.717) is 0 Å². The van der Waals surface area contributed by atoms with Gasteiger partial charge in [-0.1, -0.05) is 6.92 Å². The Balaban J connectivity index is 2.11. The normalized spacial score (nSPS) is 11.1. The third-order valence-electron chi connectivity index (χ3n) is 2.53. The van der Waals surface area contributed by atoms with Crippen molar-refractivity contribution in [1.29, 1.82) is 0 Å². The molecule has 3 heterocycles. The molecule has 0 amide bonds. The highest BCUT2D eigenvalue weighted by Crippen LogP contribution is 2.27. The average molecular weight is 229 g/mol. The van der Waals surface area contributed by atoms with Crippen molar-refractivity contribution in [1.82, 2.24) is 14.4 Å². The van der Waals surface area contributed by atoms with E-state index in [0.717, 1.165) is 17.8 Å². The fourth-order valence-electron chi connectivity index (χ4n) is 1.67. The number of fused-ring (bicyclic) bond motifs is 1. The van der Waals surface area contributed by atoms with Crippen LogP contribution in [0.25, 0.3) is 16.2 Å². The quantitative estimate of drug-likeness (QED) is 0.676. The first-order valence-corrected chi connectivity index (χ1v) is 6.06. The molecule has 3 aromatic rings. The standard InChI is InChI=1S/C12H11N3S/c1-2-9-3-4-11(16-9)10-8-15-6-5-13-7-12(15)14-10/h3-8H,2H2,1H3. The minimum absolute atomic E-state index is 0.893. The van der Waals surface area contributed by atoms with Crippen LogP contribution in [0.15, 0.2) is 36.9 Å². The lowest BCUT2D eigenvalue weighted by molar-refractivity contribution is 1.13. The SMILES string of the molecule is CCc1ccc(-c2cn3ccncc3n2)s1. The Bertz CT molecular complexity index is 591. The van der Waals surface area contributed by atoms with Crippen LogP contribution in [0.4, 0.5) is 0 Å². The molecular formula is C12H11N3S. The van der Waals surface area contributed by atoms with Crippen LogP contribution in [0.3, 0.4) is 0 Å². The molecule has 3 nitrogen and oxygen atoms in total. The van der Waals surface area contributed by atoms with E-state index in [4.69, 9.17) is 0 Å². The number of hydrogen-bond acceptors (Lipinski definition) is 3. The summed E-state index contributed by atoms with van der Waals surface area (Å²) in [5, 5.41) is 0. The van der Waals surface area contributed by atoms with E-state index in [1.165, 1.54) is 9.75 Å². The summed E-state index contributed by atoms with van der Waals surface area (Å²) in [4.78, 5) is 11.2. The van der Waals surface area contributed by atoms with Gasteiger partial charge in [0.2, 0.25) is 0 Å². The molecule has 4 heteroatoms. The molecule has 0 aliphatic rings. The van der Waals surface area contributed by atoms with Gasteiger partial charge in [0.15, 0.2) is 5.65 Å². The Morgan fingerprint density at radius 2 is 2.31 bits per heavy atom. The maximum absolute atomic E-state index is 4.54. The maximum Gasteiger partial charge on any atom is 0.156 e. The summed E-state index contributed by atoms with van der Waals surface area (Å²) in [6.07, 6.45) is 8.59. The summed E-state index contributed by atoms with van der Waals surface area (Å²) in [5.74, 6) is 0. The lowest BCUT2D eigenvalue weighted by Gasteiger charge is -1.87. The fourth-order valence-corrected chi connectivity index (χ4v) is 2.57. The lowest BCUT2D eigenvalue weighted by atomic mass is 10.3. The Labute approximate surface area is 97.4 Å². The summed E-state index contributed by atoms with van der Waals surface area (Å²) < 4.78 is 1.99. The molecule has 0 atom stereocenters. The Hall–Kier alpha value is -1.68. The van der Waals surface area contributed by atoms with Gasteiger partial charge >= 0.3 is 0 Å².